The number of carbonyl (C=O) groups excluding carboxylic acids is 1. The average molecular weight is 409 g/mol. The molecule has 1 aromatic heterocycles. The molecule has 8 heteroatoms. The Morgan fingerprint density at radius 3 is 2.76 bits per heavy atom. The number of aromatic nitrogens is 2. The lowest BCUT2D eigenvalue weighted by molar-refractivity contribution is -0.144. The Hall–Kier alpha value is -1.32. The largest absolute Gasteiger partial charge is 0.469 e. The molecule has 1 atom stereocenters. The number of rotatable bonds is 6. The van der Waals surface area contributed by atoms with Gasteiger partial charge in [-0.05, 0) is 13.0 Å². The van der Waals surface area contributed by atoms with Gasteiger partial charge in [-0.2, -0.15) is 5.10 Å². The predicted molar refractivity (Wildman–Crippen MR) is 92.6 cm³/mol. The molecule has 0 aliphatic rings. The zero-order valence-corrected chi connectivity index (χ0v) is 15.3. The average Bonchev–Trinajstić information content (AvgIpc) is 2.86. The highest BCUT2D eigenvalue weighted by Crippen LogP contribution is 1.99. The molecule has 0 amide bonds. The van der Waals surface area contributed by atoms with Crippen molar-refractivity contribution in [2.24, 2.45) is 18.0 Å². The van der Waals surface area contributed by atoms with Crippen LogP contribution in [0.25, 0.3) is 0 Å². The van der Waals surface area contributed by atoms with Gasteiger partial charge in [-0.25, -0.2) is 4.99 Å². The van der Waals surface area contributed by atoms with E-state index in [2.05, 4.69) is 25.5 Å². The van der Waals surface area contributed by atoms with E-state index in [0.29, 0.717) is 19.0 Å². The highest BCUT2D eigenvalue weighted by atomic mass is 127. The van der Waals surface area contributed by atoms with E-state index in [1.54, 1.807) is 10.9 Å². The number of esters is 1. The first-order valence-corrected chi connectivity index (χ1v) is 6.65. The Kier molecular flexibility index (Phi) is 9.76. The van der Waals surface area contributed by atoms with Crippen molar-refractivity contribution in [3.05, 3.63) is 18.0 Å². The summed E-state index contributed by atoms with van der Waals surface area (Å²) in [5.74, 6) is 0.213. The molecule has 0 bridgehead atoms. The number of aryl methyl sites for hydroxylation is 1. The fraction of sp³-hybridized carbons (Fsp3) is 0.615. The van der Waals surface area contributed by atoms with E-state index in [1.165, 1.54) is 7.11 Å². The maximum absolute atomic E-state index is 11.3. The number of nitrogens with zero attached hydrogens (tertiary/aromatic N) is 3. The van der Waals surface area contributed by atoms with Gasteiger partial charge < -0.3 is 15.4 Å². The van der Waals surface area contributed by atoms with E-state index in [9.17, 15) is 4.79 Å². The van der Waals surface area contributed by atoms with E-state index in [0.717, 1.165) is 12.2 Å². The minimum atomic E-state index is -0.236. The number of aliphatic imine (C=N–C) groups is 1. The van der Waals surface area contributed by atoms with E-state index >= 15 is 0 Å². The quantitative estimate of drug-likeness (QED) is 0.316. The number of hydrogen-bond donors (Lipinski definition) is 2. The monoisotopic (exact) mass is 409 g/mol. The van der Waals surface area contributed by atoms with Gasteiger partial charge in [0, 0.05) is 26.3 Å². The number of hydrogen-bond acceptors (Lipinski definition) is 4. The SMILES string of the molecule is CCNC(=NCc1ccnn1C)NCC(C)C(=O)OC.I. The number of methoxy groups -OCH3 is 1. The molecule has 1 aromatic rings. The Bertz CT molecular complexity index is 461. The van der Waals surface area contributed by atoms with Crippen LogP contribution in [0.5, 0.6) is 0 Å². The fourth-order valence-electron chi connectivity index (χ4n) is 1.59. The van der Waals surface area contributed by atoms with Crippen molar-refractivity contribution in [2.45, 2.75) is 20.4 Å². The number of carbonyl (C=O) groups is 1. The zero-order valence-electron chi connectivity index (χ0n) is 12.9. The van der Waals surface area contributed by atoms with Gasteiger partial charge >= 0.3 is 5.97 Å². The molecule has 0 saturated carbocycles. The van der Waals surface area contributed by atoms with Gasteiger partial charge in [0.15, 0.2) is 5.96 Å². The maximum Gasteiger partial charge on any atom is 0.310 e. The third-order valence-corrected chi connectivity index (χ3v) is 2.85. The lowest BCUT2D eigenvalue weighted by Gasteiger charge is -2.14. The Labute approximate surface area is 142 Å². The number of nitrogens with one attached hydrogen (secondary N) is 2. The van der Waals surface area contributed by atoms with Crippen LogP contribution in [0.3, 0.4) is 0 Å². The van der Waals surface area contributed by atoms with E-state index in [-0.39, 0.29) is 35.9 Å². The standard InChI is InChI=1S/C13H23N5O2.HI/c1-5-14-13(15-8-10(2)12(19)20-4)16-9-11-6-7-17-18(11)3;/h6-7,10H,5,8-9H2,1-4H3,(H2,14,15,16);1H. The Morgan fingerprint density at radius 2 is 2.24 bits per heavy atom. The normalized spacial score (nSPS) is 12.3. The summed E-state index contributed by atoms with van der Waals surface area (Å²) >= 11 is 0. The second kappa shape index (κ2) is 10.4. The summed E-state index contributed by atoms with van der Waals surface area (Å²) < 4.78 is 6.47. The summed E-state index contributed by atoms with van der Waals surface area (Å²) in [5, 5.41) is 10.4. The molecule has 2 N–H and O–H groups in total. The number of halogens is 1. The van der Waals surface area contributed by atoms with E-state index in [1.807, 2.05) is 27.0 Å². The van der Waals surface area contributed by atoms with Crippen LogP contribution in [-0.2, 0) is 23.1 Å². The second-order valence-corrected chi connectivity index (χ2v) is 4.45. The molecule has 0 radical (unpaired) electrons. The molecule has 21 heavy (non-hydrogen) atoms. The molecule has 0 aliphatic carbocycles. The van der Waals surface area contributed by atoms with Gasteiger partial charge in [0.1, 0.15) is 0 Å². The fourth-order valence-corrected chi connectivity index (χ4v) is 1.59. The summed E-state index contributed by atoms with van der Waals surface area (Å²) in [6.45, 7) is 5.56. The first-order valence-electron chi connectivity index (χ1n) is 6.65. The van der Waals surface area contributed by atoms with Crippen molar-refractivity contribution < 1.29 is 9.53 Å². The highest BCUT2D eigenvalue weighted by molar-refractivity contribution is 14.0. The Morgan fingerprint density at radius 1 is 1.52 bits per heavy atom. The van der Waals surface area contributed by atoms with Crippen LogP contribution in [0.2, 0.25) is 0 Å². The van der Waals surface area contributed by atoms with Crippen LogP contribution in [0.15, 0.2) is 17.3 Å². The zero-order chi connectivity index (χ0) is 15.0. The van der Waals surface area contributed by atoms with Crippen LogP contribution in [-0.4, -0.2) is 41.9 Å². The third kappa shape index (κ3) is 6.78. The number of ether oxygens (including phenoxy) is 1. The highest BCUT2D eigenvalue weighted by Gasteiger charge is 2.13. The van der Waals surface area contributed by atoms with Gasteiger partial charge in [-0.1, -0.05) is 6.92 Å². The van der Waals surface area contributed by atoms with Gasteiger partial charge in [0.25, 0.3) is 0 Å². The van der Waals surface area contributed by atoms with Crippen molar-refractivity contribution in [3.8, 4) is 0 Å². The molecule has 0 spiro atoms. The van der Waals surface area contributed by atoms with Crippen molar-refractivity contribution >= 4 is 35.9 Å². The molecule has 1 unspecified atom stereocenters. The van der Waals surface area contributed by atoms with Crippen molar-refractivity contribution in [3.63, 3.8) is 0 Å². The van der Waals surface area contributed by atoms with Gasteiger partial charge in [0.05, 0.1) is 25.3 Å². The third-order valence-electron chi connectivity index (χ3n) is 2.85. The lowest BCUT2D eigenvalue weighted by Crippen LogP contribution is -2.40. The van der Waals surface area contributed by atoms with E-state index in [4.69, 9.17) is 0 Å². The van der Waals surface area contributed by atoms with Gasteiger partial charge in [-0.15, -0.1) is 24.0 Å². The maximum atomic E-state index is 11.3. The van der Waals surface area contributed by atoms with Crippen molar-refractivity contribution in [2.75, 3.05) is 20.2 Å². The molecule has 0 saturated heterocycles. The molecule has 0 fully saturated rings. The first-order chi connectivity index (χ1) is 9.58. The molecule has 1 rings (SSSR count). The van der Waals surface area contributed by atoms with Crippen LogP contribution in [0.1, 0.15) is 19.5 Å². The first kappa shape index (κ1) is 19.7. The summed E-state index contributed by atoms with van der Waals surface area (Å²) in [6, 6.07) is 1.92. The van der Waals surface area contributed by atoms with Crippen LogP contribution >= 0.6 is 24.0 Å². The number of guanidine groups is 1. The molecule has 0 aliphatic heterocycles. The smallest absolute Gasteiger partial charge is 0.310 e. The summed E-state index contributed by atoms with van der Waals surface area (Å²) in [6.07, 6.45) is 1.74. The second-order valence-electron chi connectivity index (χ2n) is 4.45. The van der Waals surface area contributed by atoms with E-state index < -0.39 is 0 Å². The Balaban J connectivity index is 0.00000400. The molecule has 120 valence electrons. The van der Waals surface area contributed by atoms with Gasteiger partial charge in [-0.3, -0.25) is 9.48 Å². The molecular weight excluding hydrogens is 385 g/mol. The summed E-state index contributed by atoms with van der Waals surface area (Å²) in [7, 11) is 3.27. The topological polar surface area (TPSA) is 80.5 Å². The molecule has 7 nitrogen and oxygen atoms in total. The minimum Gasteiger partial charge on any atom is -0.469 e. The summed E-state index contributed by atoms with van der Waals surface area (Å²) in [5.41, 5.74) is 1.02. The van der Waals surface area contributed by atoms with Crippen LogP contribution < -0.4 is 10.6 Å². The van der Waals surface area contributed by atoms with Crippen molar-refractivity contribution in [1.29, 1.82) is 0 Å². The minimum absolute atomic E-state index is 0. The van der Waals surface area contributed by atoms with Crippen molar-refractivity contribution in [1.82, 2.24) is 20.4 Å². The lowest BCUT2D eigenvalue weighted by atomic mass is 10.2. The predicted octanol–water partition coefficient (Wildman–Crippen LogP) is 0.902. The molecule has 1 heterocycles. The van der Waals surface area contributed by atoms with Gasteiger partial charge in [0.2, 0.25) is 0 Å². The van der Waals surface area contributed by atoms with Crippen LogP contribution in [0.4, 0.5) is 0 Å². The molecular formula is C13H24IN5O2. The molecule has 0 aromatic carbocycles. The summed E-state index contributed by atoms with van der Waals surface area (Å²) in [4.78, 5) is 15.8. The van der Waals surface area contributed by atoms with Crippen LogP contribution in [0, 0.1) is 5.92 Å².